The molecule has 2 aliphatic carbocycles. The standard InChI is InChI=1S/C25H37NO3/c1-23(2,3)22(27)29-17-28-19-10-9-18-15-21-24(4)11-6-7-12-25(24,20(18)16-19)13-8-14-26(21)5/h9-10,16,21H,6-8,11-15,17H2,1-5H3/t21-,24+,25+/m0/s1. The minimum atomic E-state index is -0.510. The summed E-state index contributed by atoms with van der Waals surface area (Å²) in [4.78, 5) is 14.7. The van der Waals surface area contributed by atoms with Crippen molar-refractivity contribution in [2.24, 2.45) is 10.8 Å². The SMILES string of the molecule is CN1CCC[C@@]23CCCC[C@]2(C)[C@@H]1Cc1ccc(OCOC(=O)C(C)(C)C)cc13. The van der Waals surface area contributed by atoms with Gasteiger partial charge in [0, 0.05) is 11.5 Å². The lowest BCUT2D eigenvalue weighted by Gasteiger charge is -2.60. The van der Waals surface area contributed by atoms with Gasteiger partial charge in [-0.2, -0.15) is 0 Å². The second-order valence-corrected chi connectivity index (χ2v) is 10.8. The normalized spacial score (nSPS) is 32.0. The fourth-order valence-electron chi connectivity index (χ4n) is 6.42. The summed E-state index contributed by atoms with van der Waals surface area (Å²) in [6, 6.07) is 7.21. The van der Waals surface area contributed by atoms with Crippen molar-refractivity contribution < 1.29 is 14.3 Å². The third-order valence-electron chi connectivity index (χ3n) is 8.06. The molecule has 4 heteroatoms. The molecule has 4 rings (SSSR count). The van der Waals surface area contributed by atoms with Crippen LogP contribution in [0, 0.1) is 10.8 Å². The molecule has 0 radical (unpaired) electrons. The van der Waals surface area contributed by atoms with Gasteiger partial charge in [0.25, 0.3) is 0 Å². The molecule has 0 aromatic heterocycles. The Morgan fingerprint density at radius 2 is 1.90 bits per heavy atom. The van der Waals surface area contributed by atoms with Crippen LogP contribution in [0.3, 0.4) is 0 Å². The van der Waals surface area contributed by atoms with Gasteiger partial charge >= 0.3 is 5.97 Å². The molecule has 0 amide bonds. The lowest BCUT2D eigenvalue weighted by Crippen LogP contribution is -2.59. The van der Waals surface area contributed by atoms with Crippen molar-refractivity contribution in [2.75, 3.05) is 20.4 Å². The van der Waals surface area contributed by atoms with Gasteiger partial charge in [-0.3, -0.25) is 4.79 Å². The Balaban J connectivity index is 1.63. The molecule has 3 atom stereocenters. The van der Waals surface area contributed by atoms with Crippen LogP contribution in [0.4, 0.5) is 0 Å². The minimum absolute atomic E-state index is 0.0233. The Hall–Kier alpha value is -1.55. The average molecular weight is 400 g/mol. The highest BCUT2D eigenvalue weighted by molar-refractivity contribution is 5.75. The van der Waals surface area contributed by atoms with Gasteiger partial charge in [0.05, 0.1) is 5.41 Å². The van der Waals surface area contributed by atoms with E-state index in [4.69, 9.17) is 9.47 Å². The first kappa shape index (κ1) is 20.7. The summed E-state index contributed by atoms with van der Waals surface area (Å²) in [5, 5.41) is 0. The van der Waals surface area contributed by atoms with E-state index in [9.17, 15) is 4.79 Å². The molecule has 1 heterocycles. The van der Waals surface area contributed by atoms with Gasteiger partial charge in [0.2, 0.25) is 6.79 Å². The molecule has 1 saturated heterocycles. The third kappa shape index (κ3) is 3.37. The Morgan fingerprint density at radius 1 is 1.17 bits per heavy atom. The van der Waals surface area contributed by atoms with Crippen LogP contribution in [0.15, 0.2) is 18.2 Å². The van der Waals surface area contributed by atoms with Crippen LogP contribution < -0.4 is 4.74 Å². The van der Waals surface area contributed by atoms with E-state index in [2.05, 4.69) is 37.1 Å². The van der Waals surface area contributed by atoms with E-state index in [1.165, 1.54) is 56.2 Å². The van der Waals surface area contributed by atoms with Crippen LogP contribution in [0.5, 0.6) is 5.75 Å². The van der Waals surface area contributed by atoms with Crippen molar-refractivity contribution in [3.63, 3.8) is 0 Å². The van der Waals surface area contributed by atoms with Crippen LogP contribution in [0.25, 0.3) is 0 Å². The predicted octanol–water partition coefficient (Wildman–Crippen LogP) is 5.08. The zero-order valence-corrected chi connectivity index (χ0v) is 18.8. The molecule has 1 aliphatic heterocycles. The molecule has 160 valence electrons. The summed E-state index contributed by atoms with van der Waals surface area (Å²) < 4.78 is 11.2. The summed E-state index contributed by atoms with van der Waals surface area (Å²) in [5.74, 6) is 0.590. The van der Waals surface area contributed by atoms with E-state index in [0.717, 1.165) is 12.2 Å². The molecule has 2 fully saturated rings. The number of hydrogen-bond donors (Lipinski definition) is 0. The smallest absolute Gasteiger partial charge is 0.314 e. The lowest BCUT2D eigenvalue weighted by molar-refractivity contribution is -0.159. The molecule has 3 aliphatic rings. The van der Waals surface area contributed by atoms with Crippen LogP contribution in [-0.2, 0) is 21.4 Å². The Bertz CT molecular complexity index is 783. The Kier molecular flexibility index (Phi) is 5.21. The van der Waals surface area contributed by atoms with Crippen LogP contribution in [0.2, 0.25) is 0 Å². The molecule has 0 unspecified atom stereocenters. The molecular formula is C25H37NO3. The van der Waals surface area contributed by atoms with Crippen molar-refractivity contribution in [3.05, 3.63) is 29.3 Å². The first-order chi connectivity index (χ1) is 13.7. The number of carbonyl (C=O) groups is 1. The topological polar surface area (TPSA) is 38.8 Å². The van der Waals surface area contributed by atoms with Crippen LogP contribution in [0.1, 0.15) is 77.3 Å². The molecular weight excluding hydrogens is 362 g/mol. The first-order valence-electron chi connectivity index (χ1n) is 11.3. The number of esters is 1. The van der Waals surface area contributed by atoms with Gasteiger partial charge < -0.3 is 14.4 Å². The molecule has 1 aromatic carbocycles. The number of benzene rings is 1. The fraction of sp³-hybridized carbons (Fsp3) is 0.720. The van der Waals surface area contributed by atoms with Gasteiger partial charge in [-0.15, -0.1) is 0 Å². The fourth-order valence-corrected chi connectivity index (χ4v) is 6.42. The van der Waals surface area contributed by atoms with Crippen molar-refractivity contribution in [3.8, 4) is 5.75 Å². The first-order valence-corrected chi connectivity index (χ1v) is 11.3. The summed E-state index contributed by atoms with van der Waals surface area (Å²) >= 11 is 0. The number of ether oxygens (including phenoxy) is 2. The van der Waals surface area contributed by atoms with Crippen LogP contribution >= 0.6 is 0 Å². The van der Waals surface area contributed by atoms with Gasteiger partial charge in [0.15, 0.2) is 0 Å². The molecule has 4 nitrogen and oxygen atoms in total. The van der Waals surface area contributed by atoms with E-state index in [1.807, 2.05) is 20.8 Å². The summed E-state index contributed by atoms with van der Waals surface area (Å²) in [5.41, 5.74) is 3.05. The highest BCUT2D eigenvalue weighted by Gasteiger charge is 2.59. The second kappa shape index (κ2) is 7.30. The summed E-state index contributed by atoms with van der Waals surface area (Å²) in [6.07, 6.45) is 8.91. The highest BCUT2D eigenvalue weighted by atomic mass is 16.7. The predicted molar refractivity (Wildman–Crippen MR) is 115 cm³/mol. The second-order valence-electron chi connectivity index (χ2n) is 10.8. The molecule has 0 N–H and O–H groups in total. The van der Waals surface area contributed by atoms with E-state index in [0.29, 0.717) is 11.5 Å². The zero-order valence-electron chi connectivity index (χ0n) is 18.8. The van der Waals surface area contributed by atoms with Crippen molar-refractivity contribution in [2.45, 2.75) is 84.1 Å². The number of hydrogen-bond acceptors (Lipinski definition) is 4. The van der Waals surface area contributed by atoms with E-state index in [-0.39, 0.29) is 18.2 Å². The zero-order chi connectivity index (χ0) is 20.9. The van der Waals surface area contributed by atoms with Crippen molar-refractivity contribution >= 4 is 5.97 Å². The van der Waals surface area contributed by atoms with Crippen molar-refractivity contribution in [1.29, 1.82) is 0 Å². The minimum Gasteiger partial charge on any atom is -0.457 e. The van der Waals surface area contributed by atoms with Crippen molar-refractivity contribution in [1.82, 2.24) is 4.90 Å². The number of likely N-dealkylation sites (N-methyl/N-ethyl adjacent to an activating group) is 1. The van der Waals surface area contributed by atoms with Gasteiger partial charge in [-0.25, -0.2) is 0 Å². The summed E-state index contributed by atoms with van der Waals surface area (Å²) in [7, 11) is 2.33. The maximum Gasteiger partial charge on any atom is 0.314 e. The number of fused-ring (bicyclic) bond motifs is 1. The quantitative estimate of drug-likeness (QED) is 0.525. The lowest BCUT2D eigenvalue weighted by atomic mass is 9.46. The monoisotopic (exact) mass is 399 g/mol. The van der Waals surface area contributed by atoms with Crippen LogP contribution in [-0.4, -0.2) is 37.3 Å². The molecule has 1 saturated carbocycles. The average Bonchev–Trinajstić information content (AvgIpc) is 2.73. The van der Waals surface area contributed by atoms with Gasteiger partial charge in [0.1, 0.15) is 5.75 Å². The summed E-state index contributed by atoms with van der Waals surface area (Å²) in [6.45, 7) is 9.30. The highest BCUT2D eigenvalue weighted by Crippen LogP contribution is 2.62. The Labute approximate surface area is 175 Å². The number of likely N-dealkylation sites (tertiary alicyclic amines) is 1. The Morgan fingerprint density at radius 3 is 2.66 bits per heavy atom. The van der Waals surface area contributed by atoms with Gasteiger partial charge in [-0.05, 0) is 95.1 Å². The maximum absolute atomic E-state index is 12.0. The molecule has 0 spiro atoms. The number of rotatable bonds is 3. The van der Waals surface area contributed by atoms with E-state index < -0.39 is 5.41 Å². The number of carbonyl (C=O) groups excluding carboxylic acids is 1. The number of nitrogens with zero attached hydrogens (tertiary/aromatic N) is 1. The van der Waals surface area contributed by atoms with Gasteiger partial charge in [-0.1, -0.05) is 25.8 Å². The molecule has 29 heavy (non-hydrogen) atoms. The molecule has 2 bridgehead atoms. The largest absolute Gasteiger partial charge is 0.457 e. The maximum atomic E-state index is 12.0. The third-order valence-corrected chi connectivity index (χ3v) is 8.06. The van der Waals surface area contributed by atoms with E-state index in [1.54, 1.807) is 0 Å². The van der Waals surface area contributed by atoms with E-state index >= 15 is 0 Å². The molecule has 1 aromatic rings.